The summed E-state index contributed by atoms with van der Waals surface area (Å²) in [7, 11) is -4.27. The van der Waals surface area contributed by atoms with E-state index in [4.69, 9.17) is 10.3 Å². The van der Waals surface area contributed by atoms with Crippen molar-refractivity contribution >= 4 is 38.9 Å². The fraction of sp³-hybridized carbons (Fsp3) is 0.417. The van der Waals surface area contributed by atoms with Gasteiger partial charge >= 0.3 is 0 Å². The second-order valence-corrected chi connectivity index (χ2v) is 11.6. The number of carbonyl (C=O) groups excluding carboxylic acids is 3. The molecule has 1 aromatic heterocycles. The Hall–Kier alpha value is -3.75. The Bertz CT molecular complexity index is 1540. The summed E-state index contributed by atoms with van der Waals surface area (Å²) < 4.78 is 33.0. The molecule has 38 heavy (non-hydrogen) atoms. The van der Waals surface area contributed by atoms with Gasteiger partial charge in [-0.15, -0.1) is 0 Å². The molecule has 2 fully saturated rings. The molecule has 1 aromatic carbocycles. The molecule has 5 rings (SSSR count). The van der Waals surface area contributed by atoms with Crippen LogP contribution >= 0.6 is 0 Å². The number of phenolic OH excluding ortho intramolecular Hbond substituents is 1. The highest BCUT2D eigenvalue weighted by molar-refractivity contribution is 7.92. The summed E-state index contributed by atoms with van der Waals surface area (Å²) in [6.07, 6.45) is -1.56. The first-order valence-electron chi connectivity index (χ1n) is 11.7. The lowest BCUT2D eigenvalue weighted by molar-refractivity contribution is -0.174. The quantitative estimate of drug-likeness (QED) is 0.220. The number of anilines is 1. The number of primary amides is 1. The van der Waals surface area contributed by atoms with Crippen molar-refractivity contribution in [1.29, 1.82) is 0 Å². The van der Waals surface area contributed by atoms with Crippen LogP contribution in [0.4, 0.5) is 5.69 Å². The number of carbonyl (C=O) groups is 3. The molecule has 3 aliphatic carbocycles. The standard InChI is InChI=1S/C24H25N3O10S/c1-8-20(9(2)37-26-8)38(35,36)27-13-4-3-10-5-11-6-12-7-14(28)17(23(25)33)22(32)24(12,34)21(31)16(11)19(30)15(10)18(13)29/h3-4,11-12,14,17,27-30,34H,5-7H2,1-2H3,(H2,25,33)/t11-,12-,14?,17?,24-/m0/s1. The van der Waals surface area contributed by atoms with Crippen LogP contribution in [0.2, 0.25) is 0 Å². The van der Waals surface area contributed by atoms with E-state index in [1.807, 2.05) is 0 Å². The zero-order chi connectivity index (χ0) is 27.9. The number of aliphatic hydroxyl groups is 3. The number of phenols is 1. The van der Waals surface area contributed by atoms with Crippen LogP contribution in [0.5, 0.6) is 5.75 Å². The van der Waals surface area contributed by atoms with Gasteiger partial charge in [0, 0.05) is 11.5 Å². The second kappa shape index (κ2) is 8.38. The zero-order valence-corrected chi connectivity index (χ0v) is 21.1. The fourth-order valence-corrected chi connectivity index (χ4v) is 7.43. The van der Waals surface area contributed by atoms with Gasteiger partial charge in [-0.3, -0.25) is 19.1 Å². The van der Waals surface area contributed by atoms with Crippen molar-refractivity contribution in [3.05, 3.63) is 40.3 Å². The molecule has 0 spiro atoms. The average Bonchev–Trinajstić information content (AvgIpc) is 3.16. The molecule has 13 nitrogen and oxygen atoms in total. The Morgan fingerprint density at radius 1 is 1.21 bits per heavy atom. The molecule has 202 valence electrons. The number of nitrogens with one attached hydrogen (secondary N) is 1. The topological polar surface area (TPSA) is 230 Å². The van der Waals surface area contributed by atoms with Crippen molar-refractivity contribution in [2.75, 3.05) is 4.72 Å². The molecule has 2 saturated carbocycles. The number of aromatic nitrogens is 1. The van der Waals surface area contributed by atoms with E-state index in [0.29, 0.717) is 5.56 Å². The van der Waals surface area contributed by atoms with Gasteiger partial charge in [-0.05, 0) is 50.7 Å². The number of amides is 1. The number of Topliss-reactive ketones (excluding diaryl/α,β-unsaturated/α-hetero) is 2. The van der Waals surface area contributed by atoms with Crippen molar-refractivity contribution in [2.24, 2.45) is 23.5 Å². The van der Waals surface area contributed by atoms with Crippen molar-refractivity contribution in [1.82, 2.24) is 5.16 Å². The van der Waals surface area contributed by atoms with Crippen molar-refractivity contribution in [3.8, 4) is 5.75 Å². The molecule has 7 N–H and O–H groups in total. The van der Waals surface area contributed by atoms with E-state index in [1.54, 1.807) is 0 Å². The summed E-state index contributed by atoms with van der Waals surface area (Å²) in [6, 6.07) is 2.77. The number of hydrogen-bond donors (Lipinski definition) is 6. The number of aryl methyl sites for hydroxylation is 2. The first kappa shape index (κ1) is 25.9. The molecule has 5 atom stereocenters. The first-order chi connectivity index (χ1) is 17.7. The van der Waals surface area contributed by atoms with Gasteiger partial charge in [-0.2, -0.15) is 0 Å². The third-order valence-corrected chi connectivity index (χ3v) is 9.35. The summed E-state index contributed by atoms with van der Waals surface area (Å²) in [5.41, 5.74) is 2.15. The van der Waals surface area contributed by atoms with Crippen molar-refractivity contribution < 1.29 is 47.8 Å². The number of aliphatic hydroxyl groups excluding tert-OH is 2. The molecule has 2 aromatic rings. The lowest BCUT2D eigenvalue weighted by Gasteiger charge is -2.48. The Labute approximate surface area is 216 Å². The van der Waals surface area contributed by atoms with Gasteiger partial charge < -0.3 is 30.7 Å². The first-order valence-corrected chi connectivity index (χ1v) is 13.2. The van der Waals surface area contributed by atoms with Gasteiger partial charge in [0.05, 0.1) is 17.4 Å². The molecule has 0 saturated heterocycles. The number of sulfonamides is 1. The van der Waals surface area contributed by atoms with Gasteiger partial charge in [-0.25, -0.2) is 8.42 Å². The SMILES string of the molecule is Cc1noc(C)c1S(=O)(=O)Nc1ccc2c(c1O)C(O)=C1C(=O)[C@]3(O)C(=O)C(C(N)=O)C(O)C[C@@H]3C[C@@H]1C2. The highest BCUT2D eigenvalue weighted by Gasteiger charge is 2.63. The largest absolute Gasteiger partial charge is 0.507 e. The van der Waals surface area contributed by atoms with Crippen LogP contribution in [0, 0.1) is 31.6 Å². The van der Waals surface area contributed by atoms with Gasteiger partial charge in [0.25, 0.3) is 10.0 Å². The van der Waals surface area contributed by atoms with Crippen LogP contribution in [0.25, 0.3) is 5.76 Å². The monoisotopic (exact) mass is 547 g/mol. The van der Waals surface area contributed by atoms with Crippen LogP contribution in [0.15, 0.2) is 27.1 Å². The minimum Gasteiger partial charge on any atom is -0.507 e. The van der Waals surface area contributed by atoms with Crippen LogP contribution in [0.3, 0.4) is 0 Å². The van der Waals surface area contributed by atoms with Crippen molar-refractivity contribution in [2.45, 2.75) is 49.7 Å². The number of nitrogens with zero attached hydrogens (tertiary/aromatic N) is 1. The molecule has 0 bridgehead atoms. The summed E-state index contributed by atoms with van der Waals surface area (Å²) in [5.74, 6) is -8.45. The van der Waals surface area contributed by atoms with Gasteiger partial charge in [0.15, 0.2) is 27.8 Å². The summed E-state index contributed by atoms with van der Waals surface area (Å²) in [4.78, 5) is 38.1. The number of ketones is 2. The lowest BCUT2D eigenvalue weighted by atomic mass is 9.56. The van der Waals surface area contributed by atoms with E-state index in [9.17, 15) is 43.2 Å². The minimum absolute atomic E-state index is 0.0207. The summed E-state index contributed by atoms with van der Waals surface area (Å²) in [6.45, 7) is 2.83. The van der Waals surface area contributed by atoms with E-state index in [2.05, 4.69) is 9.88 Å². The second-order valence-electron chi connectivity index (χ2n) is 9.99. The van der Waals surface area contributed by atoms with Crippen LogP contribution in [-0.4, -0.2) is 63.2 Å². The third-order valence-electron chi connectivity index (χ3n) is 7.74. The number of benzene rings is 1. The van der Waals surface area contributed by atoms with Gasteiger partial charge in [-0.1, -0.05) is 11.2 Å². The zero-order valence-electron chi connectivity index (χ0n) is 20.3. The summed E-state index contributed by atoms with van der Waals surface area (Å²) in [5, 5.41) is 47.3. The van der Waals surface area contributed by atoms with E-state index in [1.165, 1.54) is 26.0 Å². The third kappa shape index (κ3) is 3.47. The van der Waals surface area contributed by atoms with Crippen LogP contribution < -0.4 is 10.5 Å². The smallest absolute Gasteiger partial charge is 0.267 e. The normalized spacial score (nSPS) is 28.9. The maximum Gasteiger partial charge on any atom is 0.267 e. The predicted molar refractivity (Wildman–Crippen MR) is 128 cm³/mol. The van der Waals surface area contributed by atoms with E-state index < -0.39 is 68.5 Å². The number of nitrogens with two attached hydrogens (primary N) is 1. The van der Waals surface area contributed by atoms with Gasteiger partial charge in [0.1, 0.15) is 17.4 Å². The van der Waals surface area contributed by atoms with Gasteiger partial charge in [0.2, 0.25) is 11.7 Å². The highest BCUT2D eigenvalue weighted by atomic mass is 32.2. The minimum atomic E-state index is -4.27. The Kier molecular flexibility index (Phi) is 5.71. The Balaban J connectivity index is 1.58. The molecular weight excluding hydrogens is 522 g/mol. The molecule has 3 aliphatic rings. The lowest BCUT2D eigenvalue weighted by Crippen LogP contribution is -2.66. The van der Waals surface area contributed by atoms with Crippen LogP contribution in [0.1, 0.15) is 35.4 Å². The van der Waals surface area contributed by atoms with Crippen molar-refractivity contribution in [3.63, 3.8) is 0 Å². The number of hydrogen-bond acceptors (Lipinski definition) is 11. The molecule has 1 amide bonds. The molecule has 2 unspecified atom stereocenters. The van der Waals surface area contributed by atoms with E-state index in [0.717, 1.165) is 0 Å². The fourth-order valence-electron chi connectivity index (χ4n) is 6.04. The average molecular weight is 548 g/mol. The van der Waals surface area contributed by atoms with Crippen LogP contribution in [-0.2, 0) is 30.8 Å². The Morgan fingerprint density at radius 2 is 1.89 bits per heavy atom. The molecule has 1 heterocycles. The maximum absolute atomic E-state index is 13.5. The molecule has 0 aliphatic heterocycles. The summed E-state index contributed by atoms with van der Waals surface area (Å²) >= 11 is 0. The predicted octanol–water partition coefficient (Wildman–Crippen LogP) is -0.00546. The van der Waals surface area contributed by atoms with E-state index >= 15 is 0 Å². The number of rotatable bonds is 4. The molecule has 14 heteroatoms. The van der Waals surface area contributed by atoms with E-state index in [-0.39, 0.29) is 52.4 Å². The molecule has 0 radical (unpaired) electrons. The number of aromatic hydroxyl groups is 1. The maximum atomic E-state index is 13.5. The Morgan fingerprint density at radius 3 is 2.50 bits per heavy atom. The number of fused-ring (bicyclic) bond motifs is 3. The highest BCUT2D eigenvalue weighted by Crippen LogP contribution is 2.52. The molecular formula is C24H25N3O10S.